The van der Waals surface area contributed by atoms with E-state index in [1.807, 2.05) is 26.0 Å². The van der Waals surface area contributed by atoms with E-state index in [0.29, 0.717) is 17.5 Å². The van der Waals surface area contributed by atoms with Gasteiger partial charge in [-0.25, -0.2) is 0 Å². The van der Waals surface area contributed by atoms with Crippen LogP contribution in [0.15, 0.2) is 28.8 Å². The maximum atomic E-state index is 12.9. The summed E-state index contributed by atoms with van der Waals surface area (Å²) in [4.78, 5) is 39.7. The molecule has 5 nitrogen and oxygen atoms in total. The Labute approximate surface area is 166 Å². The lowest BCUT2D eigenvalue weighted by molar-refractivity contribution is -0.142. The van der Waals surface area contributed by atoms with Crippen molar-refractivity contribution in [3.8, 4) is 0 Å². The summed E-state index contributed by atoms with van der Waals surface area (Å²) in [6.45, 7) is 3.66. The Morgan fingerprint density at radius 3 is 2.26 bits per heavy atom. The van der Waals surface area contributed by atoms with Gasteiger partial charge in [0.25, 0.3) is 0 Å². The molecule has 6 rings (SSSR count). The molecule has 0 unspecified atom stereocenters. The fraction of sp³-hybridized carbons (Fsp3) is 0.476. The van der Waals surface area contributed by atoms with E-state index in [4.69, 9.17) is 0 Å². The highest BCUT2D eigenvalue weighted by molar-refractivity contribution is 9.10. The van der Waals surface area contributed by atoms with Gasteiger partial charge in [0.15, 0.2) is 0 Å². The van der Waals surface area contributed by atoms with Crippen molar-refractivity contribution in [1.82, 2.24) is 4.90 Å². The summed E-state index contributed by atoms with van der Waals surface area (Å²) < 4.78 is 0.980. The van der Waals surface area contributed by atoms with Gasteiger partial charge in [0.1, 0.15) is 6.54 Å². The van der Waals surface area contributed by atoms with Crippen molar-refractivity contribution in [2.24, 2.45) is 35.5 Å². The Kier molecular flexibility index (Phi) is 3.67. The number of anilines is 1. The molecule has 140 valence electrons. The van der Waals surface area contributed by atoms with Crippen LogP contribution in [-0.2, 0) is 14.4 Å². The zero-order valence-electron chi connectivity index (χ0n) is 15.2. The predicted molar refractivity (Wildman–Crippen MR) is 104 cm³/mol. The molecule has 2 saturated carbocycles. The van der Waals surface area contributed by atoms with Crippen molar-refractivity contribution in [2.45, 2.75) is 20.3 Å². The molecule has 0 radical (unpaired) electrons. The molecule has 6 heteroatoms. The number of nitrogens with zero attached hydrogens (tertiary/aromatic N) is 1. The van der Waals surface area contributed by atoms with Gasteiger partial charge in [-0.1, -0.05) is 28.1 Å². The quantitative estimate of drug-likeness (QED) is 0.594. The van der Waals surface area contributed by atoms with E-state index in [1.54, 1.807) is 0 Å². The molecule has 3 amide bonds. The average molecular weight is 429 g/mol. The monoisotopic (exact) mass is 428 g/mol. The van der Waals surface area contributed by atoms with Gasteiger partial charge < -0.3 is 5.32 Å². The SMILES string of the molecule is Cc1cc(NC(=O)CN2C(=O)[C@@H]3[C@H]4C=C[C@H]([C@H]5C[C@H]45)[C@@H]3C2=O)c(C)cc1Br. The Morgan fingerprint density at radius 1 is 1.07 bits per heavy atom. The fourth-order valence-corrected chi connectivity index (χ4v) is 5.88. The first-order valence-electron chi connectivity index (χ1n) is 9.47. The van der Waals surface area contributed by atoms with E-state index >= 15 is 0 Å². The van der Waals surface area contributed by atoms with Crippen molar-refractivity contribution in [2.75, 3.05) is 11.9 Å². The number of amides is 3. The van der Waals surface area contributed by atoms with Crippen LogP contribution >= 0.6 is 15.9 Å². The number of rotatable bonds is 3. The van der Waals surface area contributed by atoms with Gasteiger partial charge in [-0.3, -0.25) is 19.3 Å². The molecule has 5 aliphatic rings. The second-order valence-corrected chi connectivity index (χ2v) is 9.24. The zero-order chi connectivity index (χ0) is 19.0. The van der Waals surface area contributed by atoms with Gasteiger partial charge in [-0.05, 0) is 67.2 Å². The summed E-state index contributed by atoms with van der Waals surface area (Å²) in [5, 5.41) is 2.86. The van der Waals surface area contributed by atoms with Gasteiger partial charge in [-0.2, -0.15) is 0 Å². The highest BCUT2D eigenvalue weighted by Gasteiger charge is 2.67. The van der Waals surface area contributed by atoms with Crippen LogP contribution in [0.4, 0.5) is 5.69 Å². The molecule has 3 fully saturated rings. The standard InChI is InChI=1S/C21H21BrN2O3/c1-9-6-16(10(2)5-15(9)22)23-17(25)8-24-20(26)18-11-3-4-12(14-7-13(11)14)19(18)21(24)27/h3-6,11-14,18-19H,7-8H2,1-2H3,(H,23,25)/t11-,12+,13-,14-,18+,19-/m1/s1. The first kappa shape index (κ1) is 17.2. The van der Waals surface area contributed by atoms with E-state index < -0.39 is 0 Å². The maximum Gasteiger partial charge on any atom is 0.244 e. The van der Waals surface area contributed by atoms with Crippen molar-refractivity contribution in [1.29, 1.82) is 0 Å². The molecular formula is C21H21BrN2O3. The van der Waals surface area contributed by atoms with Gasteiger partial charge >= 0.3 is 0 Å². The summed E-state index contributed by atoms with van der Waals surface area (Å²) in [6, 6.07) is 3.84. The van der Waals surface area contributed by atoms with E-state index in [1.165, 1.54) is 4.90 Å². The summed E-state index contributed by atoms with van der Waals surface area (Å²) in [5.74, 6) is 0.367. The maximum absolute atomic E-state index is 12.9. The number of hydrogen-bond donors (Lipinski definition) is 1. The molecule has 1 saturated heterocycles. The van der Waals surface area contributed by atoms with Gasteiger partial charge in [-0.15, -0.1) is 0 Å². The third-order valence-corrected chi connectivity index (χ3v) is 7.69. The number of likely N-dealkylation sites (tertiary alicyclic amines) is 1. The second kappa shape index (κ2) is 5.77. The first-order valence-corrected chi connectivity index (χ1v) is 10.3. The topological polar surface area (TPSA) is 66.5 Å². The molecule has 0 aromatic heterocycles. The minimum Gasteiger partial charge on any atom is -0.324 e. The molecule has 4 aliphatic carbocycles. The minimum atomic E-state index is -0.328. The molecule has 1 N–H and O–H groups in total. The number of carbonyl (C=O) groups is 3. The van der Waals surface area contributed by atoms with Crippen molar-refractivity contribution in [3.05, 3.63) is 39.9 Å². The van der Waals surface area contributed by atoms with E-state index in [2.05, 4.69) is 33.4 Å². The lowest BCUT2D eigenvalue weighted by atomic mass is 9.63. The van der Waals surface area contributed by atoms with Gasteiger partial charge in [0.05, 0.1) is 11.8 Å². The highest BCUT2D eigenvalue weighted by atomic mass is 79.9. The predicted octanol–water partition coefficient (Wildman–Crippen LogP) is 3.06. The molecule has 1 aromatic rings. The molecule has 6 atom stereocenters. The lowest BCUT2D eigenvalue weighted by Gasteiger charge is -2.37. The number of carbonyl (C=O) groups excluding carboxylic acids is 3. The van der Waals surface area contributed by atoms with E-state index in [-0.39, 0.29) is 47.9 Å². The van der Waals surface area contributed by atoms with Crippen LogP contribution in [0.1, 0.15) is 17.5 Å². The van der Waals surface area contributed by atoms with Crippen molar-refractivity contribution >= 4 is 39.3 Å². The van der Waals surface area contributed by atoms with Crippen molar-refractivity contribution < 1.29 is 14.4 Å². The number of allylic oxidation sites excluding steroid dienone is 2. The van der Waals surface area contributed by atoms with Crippen LogP contribution in [0.5, 0.6) is 0 Å². The molecule has 2 bridgehead atoms. The Hall–Kier alpha value is -1.95. The lowest BCUT2D eigenvalue weighted by Crippen LogP contribution is -2.40. The zero-order valence-corrected chi connectivity index (χ0v) is 16.8. The third-order valence-electron chi connectivity index (χ3n) is 6.84. The first-order chi connectivity index (χ1) is 12.9. The number of nitrogens with one attached hydrogen (secondary N) is 1. The van der Waals surface area contributed by atoms with Crippen LogP contribution < -0.4 is 5.32 Å². The number of aryl methyl sites for hydroxylation is 2. The van der Waals surface area contributed by atoms with Crippen LogP contribution in [0.3, 0.4) is 0 Å². The summed E-state index contributed by atoms with van der Waals surface area (Å²) in [5.41, 5.74) is 2.65. The molecule has 27 heavy (non-hydrogen) atoms. The molecule has 0 spiro atoms. The largest absolute Gasteiger partial charge is 0.324 e. The number of halogens is 1. The molecule has 1 aromatic carbocycles. The number of imide groups is 1. The van der Waals surface area contributed by atoms with E-state index in [0.717, 1.165) is 22.0 Å². The Morgan fingerprint density at radius 2 is 1.67 bits per heavy atom. The normalized spacial score (nSPS) is 35.3. The molecular weight excluding hydrogens is 408 g/mol. The smallest absolute Gasteiger partial charge is 0.244 e. The van der Waals surface area contributed by atoms with Crippen LogP contribution in [0.2, 0.25) is 0 Å². The molecule has 1 heterocycles. The van der Waals surface area contributed by atoms with Gasteiger partial charge in [0, 0.05) is 10.2 Å². The fourth-order valence-electron chi connectivity index (χ4n) is 5.42. The van der Waals surface area contributed by atoms with Gasteiger partial charge in [0.2, 0.25) is 17.7 Å². The molecule has 1 aliphatic heterocycles. The van der Waals surface area contributed by atoms with Crippen LogP contribution in [0.25, 0.3) is 0 Å². The number of benzene rings is 1. The summed E-state index contributed by atoms with van der Waals surface area (Å²) in [6.07, 6.45) is 5.42. The Bertz CT molecular complexity index is 888. The average Bonchev–Trinajstić information content (AvgIpc) is 3.41. The van der Waals surface area contributed by atoms with E-state index in [9.17, 15) is 14.4 Å². The van der Waals surface area contributed by atoms with Crippen LogP contribution in [-0.4, -0.2) is 29.2 Å². The van der Waals surface area contributed by atoms with Crippen molar-refractivity contribution in [3.63, 3.8) is 0 Å². The summed E-state index contributed by atoms with van der Waals surface area (Å²) in [7, 11) is 0. The summed E-state index contributed by atoms with van der Waals surface area (Å²) >= 11 is 3.48. The third kappa shape index (κ3) is 2.45. The Balaban J connectivity index is 1.33. The van der Waals surface area contributed by atoms with Crippen LogP contribution in [0, 0.1) is 49.4 Å². The minimum absolute atomic E-state index is 0.159. The second-order valence-electron chi connectivity index (χ2n) is 8.38. The number of hydrogen-bond acceptors (Lipinski definition) is 3. The highest BCUT2D eigenvalue weighted by Crippen LogP contribution is 2.65.